The summed E-state index contributed by atoms with van der Waals surface area (Å²) < 4.78 is 40.6. The van der Waals surface area contributed by atoms with E-state index in [0.717, 1.165) is 12.1 Å². The van der Waals surface area contributed by atoms with E-state index >= 15 is 0 Å². The number of carbonyl (C=O) groups is 1. The van der Waals surface area contributed by atoms with E-state index in [9.17, 15) is 18.0 Å². The van der Waals surface area contributed by atoms with Gasteiger partial charge in [0.15, 0.2) is 0 Å². The molecule has 1 amide bonds. The van der Waals surface area contributed by atoms with E-state index < -0.39 is 18.0 Å². The SMILES string of the molecule is O=C(Nc1cccc(OC(F)(F)F)c1)c1cccc(Br)n1. The first kappa shape index (κ1) is 15.3. The standard InChI is InChI=1S/C13H8BrF3N2O2/c14-11-6-2-5-10(19-11)12(20)18-8-3-1-4-9(7-8)21-13(15,16)17/h1-7H,(H,18,20). The van der Waals surface area contributed by atoms with Crippen molar-refractivity contribution in [2.24, 2.45) is 0 Å². The Labute approximate surface area is 126 Å². The zero-order chi connectivity index (χ0) is 15.5. The molecule has 1 heterocycles. The van der Waals surface area contributed by atoms with Crippen LogP contribution in [0.3, 0.4) is 0 Å². The summed E-state index contributed by atoms with van der Waals surface area (Å²) in [5, 5.41) is 2.44. The molecule has 0 saturated heterocycles. The van der Waals surface area contributed by atoms with Gasteiger partial charge < -0.3 is 10.1 Å². The van der Waals surface area contributed by atoms with Gasteiger partial charge in [0, 0.05) is 11.8 Å². The van der Waals surface area contributed by atoms with Crippen molar-refractivity contribution in [2.45, 2.75) is 6.36 Å². The molecule has 110 valence electrons. The van der Waals surface area contributed by atoms with E-state index in [4.69, 9.17) is 0 Å². The summed E-state index contributed by atoms with van der Waals surface area (Å²) in [6.45, 7) is 0. The molecule has 0 radical (unpaired) electrons. The van der Waals surface area contributed by atoms with Crippen molar-refractivity contribution >= 4 is 27.5 Å². The monoisotopic (exact) mass is 360 g/mol. The first-order valence-electron chi connectivity index (χ1n) is 5.63. The molecule has 1 aromatic heterocycles. The number of aromatic nitrogens is 1. The van der Waals surface area contributed by atoms with E-state index in [1.54, 1.807) is 12.1 Å². The van der Waals surface area contributed by atoms with Crippen molar-refractivity contribution in [1.29, 1.82) is 0 Å². The van der Waals surface area contributed by atoms with Crippen molar-refractivity contribution in [1.82, 2.24) is 4.98 Å². The number of hydrogen-bond acceptors (Lipinski definition) is 3. The summed E-state index contributed by atoms with van der Waals surface area (Å²) in [6.07, 6.45) is -4.78. The second-order valence-corrected chi connectivity index (χ2v) is 4.69. The lowest BCUT2D eigenvalue weighted by molar-refractivity contribution is -0.274. The minimum atomic E-state index is -4.78. The summed E-state index contributed by atoms with van der Waals surface area (Å²) in [5.41, 5.74) is 0.301. The zero-order valence-corrected chi connectivity index (χ0v) is 11.9. The summed E-state index contributed by atoms with van der Waals surface area (Å²) >= 11 is 3.12. The number of alkyl halides is 3. The Kier molecular flexibility index (Phi) is 4.46. The van der Waals surface area contributed by atoms with Crippen molar-refractivity contribution < 1.29 is 22.7 Å². The highest BCUT2D eigenvalue weighted by atomic mass is 79.9. The molecule has 0 spiro atoms. The molecule has 8 heteroatoms. The lowest BCUT2D eigenvalue weighted by atomic mass is 10.3. The number of nitrogens with one attached hydrogen (secondary N) is 1. The Hall–Kier alpha value is -2.09. The molecule has 0 saturated carbocycles. The van der Waals surface area contributed by atoms with E-state index in [0.29, 0.717) is 4.60 Å². The van der Waals surface area contributed by atoms with Crippen LogP contribution in [0.1, 0.15) is 10.5 Å². The molecule has 0 atom stereocenters. The average molecular weight is 361 g/mol. The maximum atomic E-state index is 12.1. The minimum absolute atomic E-state index is 0.131. The number of ether oxygens (including phenoxy) is 1. The van der Waals surface area contributed by atoms with Crippen LogP contribution in [-0.2, 0) is 0 Å². The van der Waals surface area contributed by atoms with Crippen molar-refractivity contribution in [2.75, 3.05) is 5.32 Å². The van der Waals surface area contributed by atoms with Gasteiger partial charge in [-0.05, 0) is 40.2 Å². The third-order valence-electron chi connectivity index (χ3n) is 2.27. The van der Waals surface area contributed by atoms with Gasteiger partial charge in [0.1, 0.15) is 16.0 Å². The maximum Gasteiger partial charge on any atom is 0.573 e. The van der Waals surface area contributed by atoms with E-state index in [-0.39, 0.29) is 11.4 Å². The van der Waals surface area contributed by atoms with Gasteiger partial charge in [0.25, 0.3) is 5.91 Å². The number of hydrogen-bond donors (Lipinski definition) is 1. The maximum absolute atomic E-state index is 12.1. The van der Waals surface area contributed by atoms with Gasteiger partial charge in [-0.15, -0.1) is 13.2 Å². The smallest absolute Gasteiger partial charge is 0.406 e. The van der Waals surface area contributed by atoms with Crippen LogP contribution in [0.5, 0.6) is 5.75 Å². The number of halogens is 4. The quantitative estimate of drug-likeness (QED) is 0.841. The van der Waals surface area contributed by atoms with Crippen LogP contribution in [0.25, 0.3) is 0 Å². The van der Waals surface area contributed by atoms with E-state index in [2.05, 4.69) is 31.0 Å². The molecule has 2 aromatic rings. The van der Waals surface area contributed by atoms with Crippen molar-refractivity contribution in [3.8, 4) is 5.75 Å². The Morgan fingerprint density at radius 3 is 2.57 bits per heavy atom. The Morgan fingerprint density at radius 1 is 1.19 bits per heavy atom. The number of rotatable bonds is 3. The Bertz CT molecular complexity index is 662. The third kappa shape index (κ3) is 4.75. The molecule has 1 N–H and O–H groups in total. The fraction of sp³-hybridized carbons (Fsp3) is 0.0769. The second kappa shape index (κ2) is 6.13. The van der Waals surface area contributed by atoms with Crippen molar-refractivity contribution in [3.63, 3.8) is 0 Å². The molecule has 0 aliphatic rings. The average Bonchev–Trinajstić information content (AvgIpc) is 2.37. The number of nitrogens with zero attached hydrogens (tertiary/aromatic N) is 1. The zero-order valence-electron chi connectivity index (χ0n) is 10.3. The third-order valence-corrected chi connectivity index (χ3v) is 2.71. The Morgan fingerprint density at radius 2 is 1.90 bits per heavy atom. The van der Waals surface area contributed by atoms with Crippen LogP contribution >= 0.6 is 15.9 Å². The van der Waals surface area contributed by atoms with Crippen LogP contribution in [0.2, 0.25) is 0 Å². The summed E-state index contributed by atoms with van der Waals surface area (Å²) in [6, 6.07) is 9.74. The molecular formula is C13H8BrF3N2O2. The van der Waals surface area contributed by atoms with Gasteiger partial charge in [-0.3, -0.25) is 4.79 Å². The van der Waals surface area contributed by atoms with E-state index in [1.807, 2.05) is 0 Å². The summed E-state index contributed by atoms with van der Waals surface area (Å²) in [5.74, 6) is -0.956. The molecule has 0 fully saturated rings. The number of amides is 1. The summed E-state index contributed by atoms with van der Waals surface area (Å²) in [7, 11) is 0. The van der Waals surface area contributed by atoms with Crippen LogP contribution in [0.4, 0.5) is 18.9 Å². The predicted molar refractivity (Wildman–Crippen MR) is 73.0 cm³/mol. The number of carbonyl (C=O) groups excluding carboxylic acids is 1. The summed E-state index contributed by atoms with van der Waals surface area (Å²) in [4.78, 5) is 15.8. The first-order valence-corrected chi connectivity index (χ1v) is 6.42. The number of benzene rings is 1. The Balaban J connectivity index is 2.13. The predicted octanol–water partition coefficient (Wildman–Crippen LogP) is 4.00. The van der Waals surface area contributed by atoms with Gasteiger partial charge in [0.2, 0.25) is 0 Å². The van der Waals surface area contributed by atoms with Crippen LogP contribution < -0.4 is 10.1 Å². The van der Waals surface area contributed by atoms with Crippen molar-refractivity contribution in [3.05, 3.63) is 52.8 Å². The normalized spacial score (nSPS) is 11.0. The van der Waals surface area contributed by atoms with Crippen LogP contribution in [0.15, 0.2) is 47.1 Å². The topological polar surface area (TPSA) is 51.2 Å². The largest absolute Gasteiger partial charge is 0.573 e. The van der Waals surface area contributed by atoms with Crippen LogP contribution in [-0.4, -0.2) is 17.3 Å². The molecule has 21 heavy (non-hydrogen) atoms. The lowest BCUT2D eigenvalue weighted by Crippen LogP contribution is -2.17. The molecule has 4 nitrogen and oxygen atoms in total. The molecule has 1 aromatic carbocycles. The fourth-order valence-corrected chi connectivity index (χ4v) is 1.84. The van der Waals surface area contributed by atoms with Crippen LogP contribution in [0, 0.1) is 0 Å². The minimum Gasteiger partial charge on any atom is -0.406 e. The van der Waals surface area contributed by atoms with Gasteiger partial charge >= 0.3 is 6.36 Å². The molecule has 0 bridgehead atoms. The number of anilines is 1. The lowest BCUT2D eigenvalue weighted by Gasteiger charge is -2.10. The van der Waals surface area contributed by atoms with E-state index in [1.165, 1.54) is 18.2 Å². The molecule has 0 aliphatic carbocycles. The fourth-order valence-electron chi connectivity index (χ4n) is 1.50. The molecule has 0 aliphatic heterocycles. The van der Waals surface area contributed by atoms with Gasteiger partial charge in [-0.25, -0.2) is 4.98 Å². The highest BCUT2D eigenvalue weighted by Crippen LogP contribution is 2.25. The van der Waals surface area contributed by atoms with Gasteiger partial charge in [-0.1, -0.05) is 12.1 Å². The molecule has 2 rings (SSSR count). The number of pyridine rings is 1. The molecular weight excluding hydrogens is 353 g/mol. The second-order valence-electron chi connectivity index (χ2n) is 3.88. The van der Waals surface area contributed by atoms with Gasteiger partial charge in [-0.2, -0.15) is 0 Å². The van der Waals surface area contributed by atoms with Gasteiger partial charge in [0.05, 0.1) is 0 Å². The highest BCUT2D eigenvalue weighted by molar-refractivity contribution is 9.10. The first-order chi connectivity index (χ1) is 9.83. The molecule has 0 unspecified atom stereocenters. The highest BCUT2D eigenvalue weighted by Gasteiger charge is 2.31.